The number of piperidine rings is 2. The summed E-state index contributed by atoms with van der Waals surface area (Å²) in [5.41, 5.74) is 2.74. The van der Waals surface area contributed by atoms with Crippen LogP contribution in [-0.2, 0) is 28.3 Å². The number of hydrogen-bond donors (Lipinski definition) is 3. The average molecular weight is 438 g/mol. The first-order chi connectivity index (χ1) is 15.3. The first-order valence-electron chi connectivity index (χ1n) is 10.9. The highest BCUT2D eigenvalue weighted by Gasteiger charge is 2.41. The number of aliphatic hydroxyl groups is 1. The standard InChI is InChI=1S/C22H26N6O4/c1-13-14(10-23-26-13)11-27-8-6-22(32,7-9-27)18-4-2-15-16(24-18)12-28(21(15)31)17-3-5-19(29)25-20(17)30/h2,4,10,17,32H,3,5-9,11-12H2,1H3,(H,23,26)(H,25,29,30). The lowest BCUT2D eigenvalue weighted by Gasteiger charge is -2.37. The molecule has 3 aliphatic heterocycles. The van der Waals surface area contributed by atoms with Gasteiger partial charge < -0.3 is 10.0 Å². The maximum atomic E-state index is 12.9. The van der Waals surface area contributed by atoms with Gasteiger partial charge in [-0.05, 0) is 38.3 Å². The van der Waals surface area contributed by atoms with Gasteiger partial charge in [0.25, 0.3) is 5.91 Å². The van der Waals surface area contributed by atoms with Crippen LogP contribution < -0.4 is 5.32 Å². The predicted molar refractivity (Wildman–Crippen MR) is 112 cm³/mol. The largest absolute Gasteiger partial charge is 0.383 e. The Labute approximate surface area is 185 Å². The second-order valence-corrected chi connectivity index (χ2v) is 8.92. The van der Waals surface area contributed by atoms with E-state index in [0.29, 0.717) is 36.2 Å². The number of fused-ring (bicyclic) bond motifs is 1. The number of H-pyrrole nitrogens is 1. The Balaban J connectivity index is 1.28. The topological polar surface area (TPSA) is 132 Å². The van der Waals surface area contributed by atoms with Gasteiger partial charge in [0.15, 0.2) is 0 Å². The van der Waals surface area contributed by atoms with E-state index in [1.54, 1.807) is 12.1 Å². The zero-order valence-corrected chi connectivity index (χ0v) is 17.9. The van der Waals surface area contributed by atoms with Crippen molar-refractivity contribution in [2.45, 2.75) is 57.3 Å². The first-order valence-corrected chi connectivity index (χ1v) is 10.9. The number of rotatable bonds is 4. The molecule has 3 amide bonds. The van der Waals surface area contributed by atoms with Gasteiger partial charge >= 0.3 is 0 Å². The fraction of sp³-hybridized carbons (Fsp3) is 0.500. The number of aromatic nitrogens is 3. The van der Waals surface area contributed by atoms with E-state index in [9.17, 15) is 19.5 Å². The molecule has 0 radical (unpaired) electrons. The summed E-state index contributed by atoms with van der Waals surface area (Å²) in [7, 11) is 0. The quantitative estimate of drug-likeness (QED) is 0.587. The normalized spacial score (nSPS) is 23.4. The van der Waals surface area contributed by atoms with Gasteiger partial charge in [-0.3, -0.25) is 34.7 Å². The van der Waals surface area contributed by atoms with Gasteiger partial charge in [0.05, 0.1) is 29.7 Å². The van der Waals surface area contributed by atoms with Gasteiger partial charge in [-0.2, -0.15) is 5.10 Å². The highest BCUT2D eigenvalue weighted by atomic mass is 16.3. The second-order valence-electron chi connectivity index (χ2n) is 8.92. The summed E-state index contributed by atoms with van der Waals surface area (Å²) in [5.74, 6) is -1.01. The molecule has 2 saturated heterocycles. The zero-order valence-electron chi connectivity index (χ0n) is 17.9. The molecule has 1 unspecified atom stereocenters. The number of nitrogens with one attached hydrogen (secondary N) is 2. The van der Waals surface area contributed by atoms with Crippen molar-refractivity contribution in [1.82, 2.24) is 30.3 Å². The molecule has 1 atom stereocenters. The molecule has 3 N–H and O–H groups in total. The van der Waals surface area contributed by atoms with Crippen LogP contribution in [0.25, 0.3) is 0 Å². The number of nitrogens with zero attached hydrogens (tertiary/aromatic N) is 4. The Kier molecular flexibility index (Phi) is 5.06. The van der Waals surface area contributed by atoms with Gasteiger partial charge in [0, 0.05) is 37.3 Å². The minimum Gasteiger partial charge on any atom is -0.383 e. The molecule has 3 aliphatic rings. The third-order valence-corrected chi connectivity index (χ3v) is 6.86. The van der Waals surface area contributed by atoms with Crippen molar-refractivity contribution < 1.29 is 19.5 Å². The summed E-state index contributed by atoms with van der Waals surface area (Å²) in [6, 6.07) is 2.75. The zero-order chi connectivity index (χ0) is 22.5. The predicted octanol–water partition coefficient (Wildman–Crippen LogP) is 0.358. The Hall–Kier alpha value is -3.11. The third-order valence-electron chi connectivity index (χ3n) is 6.86. The van der Waals surface area contributed by atoms with Crippen LogP contribution in [0, 0.1) is 6.92 Å². The van der Waals surface area contributed by atoms with Crippen LogP contribution in [0.4, 0.5) is 0 Å². The number of hydrogen-bond acceptors (Lipinski definition) is 7. The van der Waals surface area contributed by atoms with Crippen LogP contribution in [0.2, 0.25) is 0 Å². The molecule has 168 valence electrons. The van der Waals surface area contributed by atoms with Crippen LogP contribution in [0.15, 0.2) is 18.3 Å². The number of carbonyl (C=O) groups is 3. The van der Waals surface area contributed by atoms with Gasteiger partial charge in [-0.25, -0.2) is 0 Å². The van der Waals surface area contributed by atoms with Crippen molar-refractivity contribution in [2.75, 3.05) is 13.1 Å². The first kappa shape index (κ1) is 20.8. The Morgan fingerprint density at radius 3 is 2.69 bits per heavy atom. The van der Waals surface area contributed by atoms with Gasteiger partial charge in [-0.15, -0.1) is 0 Å². The molecule has 0 spiro atoms. The number of likely N-dealkylation sites (tertiary alicyclic amines) is 1. The van der Waals surface area contributed by atoms with E-state index in [-0.39, 0.29) is 24.8 Å². The molecule has 0 saturated carbocycles. The number of pyridine rings is 1. The summed E-state index contributed by atoms with van der Waals surface area (Å²) in [5, 5.41) is 20.6. The van der Waals surface area contributed by atoms with E-state index in [1.807, 2.05) is 13.1 Å². The van der Waals surface area contributed by atoms with E-state index in [2.05, 4.69) is 25.4 Å². The highest BCUT2D eigenvalue weighted by molar-refractivity contribution is 6.05. The molecule has 32 heavy (non-hydrogen) atoms. The minimum absolute atomic E-state index is 0.205. The monoisotopic (exact) mass is 438 g/mol. The number of imide groups is 1. The second kappa shape index (κ2) is 7.79. The van der Waals surface area contributed by atoms with Crippen LogP contribution >= 0.6 is 0 Å². The Morgan fingerprint density at radius 2 is 2.00 bits per heavy atom. The van der Waals surface area contributed by atoms with Crippen molar-refractivity contribution in [2.24, 2.45) is 0 Å². The summed E-state index contributed by atoms with van der Waals surface area (Å²) in [6.07, 6.45) is 3.45. The van der Waals surface area contributed by atoms with Crippen LogP contribution in [0.5, 0.6) is 0 Å². The Morgan fingerprint density at radius 1 is 1.22 bits per heavy atom. The summed E-state index contributed by atoms with van der Waals surface area (Å²) < 4.78 is 0. The van der Waals surface area contributed by atoms with Crippen molar-refractivity contribution in [3.05, 3.63) is 46.5 Å². The fourth-order valence-corrected chi connectivity index (χ4v) is 4.81. The van der Waals surface area contributed by atoms with Crippen molar-refractivity contribution >= 4 is 17.7 Å². The summed E-state index contributed by atoms with van der Waals surface area (Å²) >= 11 is 0. The van der Waals surface area contributed by atoms with Crippen molar-refractivity contribution in [3.63, 3.8) is 0 Å². The number of carbonyl (C=O) groups excluding carboxylic acids is 3. The molecular weight excluding hydrogens is 412 g/mol. The van der Waals surface area contributed by atoms with E-state index < -0.39 is 17.6 Å². The van der Waals surface area contributed by atoms with Crippen LogP contribution in [0.3, 0.4) is 0 Å². The smallest absolute Gasteiger partial charge is 0.256 e. The molecule has 2 aromatic rings. The van der Waals surface area contributed by atoms with Crippen LogP contribution in [-0.4, -0.2) is 66.9 Å². The lowest BCUT2D eigenvalue weighted by molar-refractivity contribution is -0.136. The third kappa shape index (κ3) is 3.59. The number of aryl methyl sites for hydroxylation is 1. The molecule has 0 aliphatic carbocycles. The molecule has 10 nitrogen and oxygen atoms in total. The average Bonchev–Trinajstić information content (AvgIpc) is 3.32. The van der Waals surface area contributed by atoms with Crippen molar-refractivity contribution in [1.29, 1.82) is 0 Å². The van der Waals surface area contributed by atoms with E-state index >= 15 is 0 Å². The van der Waals surface area contributed by atoms with Gasteiger partial charge in [0.2, 0.25) is 11.8 Å². The molecule has 5 rings (SSSR count). The van der Waals surface area contributed by atoms with E-state index in [4.69, 9.17) is 0 Å². The number of aromatic amines is 1. The SMILES string of the molecule is Cc1[nH]ncc1CN1CCC(O)(c2ccc3c(n2)CN(C2CCC(=O)NC2=O)C3=O)CC1. The van der Waals surface area contributed by atoms with Crippen molar-refractivity contribution in [3.8, 4) is 0 Å². The van der Waals surface area contributed by atoms with Gasteiger partial charge in [-0.1, -0.05) is 0 Å². The summed E-state index contributed by atoms with van der Waals surface area (Å²) in [6.45, 7) is 4.43. The Bertz CT molecular complexity index is 1090. The maximum absolute atomic E-state index is 12.9. The molecule has 10 heteroatoms. The van der Waals surface area contributed by atoms with Crippen LogP contribution in [0.1, 0.15) is 58.7 Å². The molecule has 0 aromatic carbocycles. The lowest BCUT2D eigenvalue weighted by Crippen LogP contribution is -2.52. The molecular formula is C22H26N6O4. The molecule has 2 aromatic heterocycles. The minimum atomic E-state index is -1.05. The molecule has 2 fully saturated rings. The van der Waals surface area contributed by atoms with Gasteiger partial charge in [0.1, 0.15) is 11.6 Å². The maximum Gasteiger partial charge on any atom is 0.256 e. The molecule has 0 bridgehead atoms. The van der Waals surface area contributed by atoms with E-state index in [0.717, 1.165) is 30.9 Å². The summed E-state index contributed by atoms with van der Waals surface area (Å²) in [4.78, 5) is 44.9. The van der Waals surface area contributed by atoms with E-state index in [1.165, 1.54) is 4.90 Å². The highest BCUT2D eigenvalue weighted by Crippen LogP contribution is 2.34. The fourth-order valence-electron chi connectivity index (χ4n) is 4.81. The lowest BCUT2D eigenvalue weighted by atomic mass is 9.87. The number of amides is 3. The molecule has 5 heterocycles.